The lowest BCUT2D eigenvalue weighted by molar-refractivity contribution is -0.142. The first kappa shape index (κ1) is 46.3. The van der Waals surface area contributed by atoms with Crippen LogP contribution in [0.2, 0.25) is 0 Å². The molecular weight excluding hydrogens is 720 g/mol. The molecule has 310 valence electrons. The maximum atomic E-state index is 13.7. The monoisotopic (exact) mass is 780 g/mol. The molecule has 2 aliphatic heterocycles. The number of aliphatic hydroxyl groups excluding tert-OH is 1. The molecule has 55 heavy (non-hydrogen) atoms. The number of nitrogens with one attached hydrogen (secondary N) is 7. The topological polar surface area (TPSA) is 313 Å². The number of aliphatic hydroxyl groups is 1. The van der Waals surface area contributed by atoms with Crippen LogP contribution < -0.4 is 48.7 Å². The summed E-state index contributed by atoms with van der Waals surface area (Å²) < 4.78 is 0. The number of nitrogens with two attached hydrogens (primary N) is 2. The molecule has 0 aliphatic carbocycles. The van der Waals surface area contributed by atoms with Crippen molar-refractivity contribution in [3.63, 3.8) is 0 Å². The minimum atomic E-state index is -1.31. The standard InChI is InChI=1S/C35H60N10O10/c1-18(2)27(43-30(50)22-11-8-16-38-22)34(54)44-28(20(4)46)33(53)39-15-7-6-10-24(41-21(5)47)35(55)45-17-9-12-25(45)32(52)42-23(13-14-26(36)48)31(51)40-19(3)29(37)49/h18-20,22-25,27-28,38,46H,6-17H2,1-5H3,(H2,36,48)(H2,37,49)(H,39,53)(H,40,51)(H,41,47)(H,42,52)(H,43,50)(H,44,54)/t19-,20-,22+,23+,24+,25+,27+,28+/m1/s1. The van der Waals surface area contributed by atoms with Gasteiger partial charge in [-0.05, 0) is 77.7 Å². The van der Waals surface area contributed by atoms with E-state index in [9.17, 15) is 48.3 Å². The number of rotatable bonds is 22. The van der Waals surface area contributed by atoms with Crippen molar-refractivity contribution in [1.82, 2.24) is 42.1 Å². The highest BCUT2D eigenvalue weighted by Crippen LogP contribution is 2.21. The molecule has 20 heteroatoms. The minimum absolute atomic E-state index is 0.106. The summed E-state index contributed by atoms with van der Waals surface area (Å²) in [6.07, 6.45) is 1.39. The van der Waals surface area contributed by atoms with Crippen molar-refractivity contribution in [2.45, 2.75) is 141 Å². The van der Waals surface area contributed by atoms with Gasteiger partial charge in [0.25, 0.3) is 0 Å². The lowest BCUT2D eigenvalue weighted by Gasteiger charge is -2.30. The Balaban J connectivity index is 1.99. The molecule has 12 N–H and O–H groups in total. The number of carbonyl (C=O) groups is 9. The van der Waals surface area contributed by atoms with E-state index in [-0.39, 0.29) is 50.6 Å². The van der Waals surface area contributed by atoms with Gasteiger partial charge < -0.3 is 58.7 Å². The number of carbonyl (C=O) groups excluding carboxylic acids is 9. The highest BCUT2D eigenvalue weighted by Gasteiger charge is 2.39. The largest absolute Gasteiger partial charge is 0.391 e. The summed E-state index contributed by atoms with van der Waals surface area (Å²) in [5, 5.41) is 28.9. The second kappa shape index (κ2) is 22.5. The highest BCUT2D eigenvalue weighted by molar-refractivity contribution is 5.96. The quantitative estimate of drug-likeness (QED) is 0.0476. The molecule has 8 atom stereocenters. The maximum Gasteiger partial charge on any atom is 0.245 e. The lowest BCUT2D eigenvalue weighted by Crippen LogP contribution is -2.59. The summed E-state index contributed by atoms with van der Waals surface area (Å²) in [7, 11) is 0. The molecule has 9 amide bonds. The fourth-order valence-corrected chi connectivity index (χ4v) is 6.35. The van der Waals surface area contributed by atoms with Gasteiger partial charge in [-0.25, -0.2) is 0 Å². The summed E-state index contributed by atoms with van der Waals surface area (Å²) in [4.78, 5) is 115. The molecule has 0 aromatic carbocycles. The number of amides is 9. The van der Waals surface area contributed by atoms with Crippen LogP contribution in [0.25, 0.3) is 0 Å². The van der Waals surface area contributed by atoms with E-state index in [1.165, 1.54) is 25.7 Å². The van der Waals surface area contributed by atoms with Crippen molar-refractivity contribution in [3.05, 3.63) is 0 Å². The van der Waals surface area contributed by atoms with Crippen LogP contribution in [0, 0.1) is 5.92 Å². The molecule has 0 aromatic rings. The molecule has 0 saturated carbocycles. The normalized spacial score (nSPS) is 19.9. The molecule has 0 aromatic heterocycles. The molecule has 2 heterocycles. The van der Waals surface area contributed by atoms with Crippen LogP contribution in [0.5, 0.6) is 0 Å². The van der Waals surface area contributed by atoms with E-state index in [0.29, 0.717) is 32.2 Å². The van der Waals surface area contributed by atoms with Gasteiger partial charge in [-0.3, -0.25) is 43.2 Å². The SMILES string of the molecule is CC(=O)N[C@@H](CCCCNC(=O)[C@@H](NC(=O)[C@@H](NC(=O)[C@@H]1CCCN1)C(C)C)[C@@H](C)O)C(=O)N1CCC[C@H]1C(=O)N[C@@H](CCC(N)=O)C(=O)N[C@H](C)C(N)=O. The molecule has 2 rings (SSSR count). The van der Waals surface area contributed by atoms with Gasteiger partial charge in [0, 0.05) is 26.4 Å². The van der Waals surface area contributed by atoms with Gasteiger partial charge in [0.2, 0.25) is 53.2 Å². The van der Waals surface area contributed by atoms with E-state index >= 15 is 0 Å². The van der Waals surface area contributed by atoms with E-state index in [0.717, 1.165) is 6.42 Å². The zero-order valence-corrected chi connectivity index (χ0v) is 32.4. The van der Waals surface area contributed by atoms with Crippen LogP contribution in [-0.4, -0.2) is 131 Å². The number of hydrogen-bond donors (Lipinski definition) is 10. The summed E-state index contributed by atoms with van der Waals surface area (Å²) in [5.41, 5.74) is 10.5. The Kier molecular flexibility index (Phi) is 19.0. The van der Waals surface area contributed by atoms with Gasteiger partial charge in [0.05, 0.1) is 12.1 Å². The predicted octanol–water partition coefficient (Wildman–Crippen LogP) is -3.73. The molecule has 0 radical (unpaired) electrons. The zero-order valence-electron chi connectivity index (χ0n) is 32.4. The van der Waals surface area contributed by atoms with Gasteiger partial charge in [-0.1, -0.05) is 13.8 Å². The van der Waals surface area contributed by atoms with Gasteiger partial charge in [-0.2, -0.15) is 0 Å². The van der Waals surface area contributed by atoms with Crippen molar-refractivity contribution in [1.29, 1.82) is 0 Å². The summed E-state index contributed by atoms with van der Waals surface area (Å²) >= 11 is 0. The minimum Gasteiger partial charge on any atom is -0.391 e. The molecular formula is C35H60N10O10. The third-order valence-electron chi connectivity index (χ3n) is 9.52. The van der Waals surface area contributed by atoms with E-state index in [2.05, 4.69) is 37.2 Å². The van der Waals surface area contributed by atoms with Crippen molar-refractivity contribution >= 4 is 53.2 Å². The zero-order chi connectivity index (χ0) is 41.4. The van der Waals surface area contributed by atoms with Crippen molar-refractivity contribution in [2.24, 2.45) is 17.4 Å². The van der Waals surface area contributed by atoms with Crippen molar-refractivity contribution in [2.75, 3.05) is 19.6 Å². The molecule has 2 saturated heterocycles. The van der Waals surface area contributed by atoms with E-state index in [1.807, 2.05) is 0 Å². The van der Waals surface area contributed by atoms with Crippen molar-refractivity contribution < 1.29 is 48.3 Å². The molecule has 0 bridgehead atoms. The van der Waals surface area contributed by atoms with Gasteiger partial charge in [0.1, 0.15) is 36.3 Å². The summed E-state index contributed by atoms with van der Waals surface area (Å²) in [6, 6.07) is -6.96. The second-order valence-corrected chi connectivity index (χ2v) is 14.5. The van der Waals surface area contributed by atoms with Gasteiger partial charge in [0.15, 0.2) is 0 Å². The summed E-state index contributed by atoms with van der Waals surface area (Å²) in [6.45, 7) is 8.47. The van der Waals surface area contributed by atoms with Gasteiger partial charge in [-0.15, -0.1) is 0 Å². The molecule has 0 spiro atoms. The van der Waals surface area contributed by atoms with E-state index < -0.39 is 95.7 Å². The average Bonchev–Trinajstić information content (AvgIpc) is 3.83. The third kappa shape index (κ3) is 15.1. The highest BCUT2D eigenvalue weighted by atomic mass is 16.3. The number of hydrogen-bond acceptors (Lipinski definition) is 11. The van der Waals surface area contributed by atoms with E-state index in [4.69, 9.17) is 11.5 Å². The molecule has 20 nitrogen and oxygen atoms in total. The first-order valence-electron chi connectivity index (χ1n) is 18.9. The van der Waals surface area contributed by atoms with Crippen LogP contribution in [0.15, 0.2) is 0 Å². The predicted molar refractivity (Wildman–Crippen MR) is 198 cm³/mol. The smallest absolute Gasteiger partial charge is 0.245 e. The van der Waals surface area contributed by atoms with E-state index in [1.54, 1.807) is 13.8 Å². The fraction of sp³-hybridized carbons (Fsp3) is 0.743. The summed E-state index contributed by atoms with van der Waals surface area (Å²) in [5.74, 6) is -5.84. The third-order valence-corrected chi connectivity index (χ3v) is 9.52. The molecule has 2 fully saturated rings. The molecule has 2 aliphatic rings. The number of nitrogens with zero attached hydrogens (tertiary/aromatic N) is 1. The number of likely N-dealkylation sites (tertiary alicyclic amines) is 1. The Bertz CT molecular complexity index is 1400. The molecule has 0 unspecified atom stereocenters. The first-order valence-corrected chi connectivity index (χ1v) is 18.9. The number of unbranched alkanes of at least 4 members (excludes halogenated alkanes) is 1. The first-order chi connectivity index (χ1) is 25.8. The Morgan fingerprint density at radius 3 is 2.02 bits per heavy atom. The Hall–Kier alpha value is -4.85. The average molecular weight is 781 g/mol. The second-order valence-electron chi connectivity index (χ2n) is 14.5. The number of primary amides is 2. The lowest BCUT2D eigenvalue weighted by atomic mass is 10.0. The fourth-order valence-electron chi connectivity index (χ4n) is 6.35. The van der Waals surface area contributed by atoms with Crippen molar-refractivity contribution in [3.8, 4) is 0 Å². The van der Waals surface area contributed by atoms with Crippen LogP contribution >= 0.6 is 0 Å². The van der Waals surface area contributed by atoms with Crippen LogP contribution in [-0.2, 0) is 43.2 Å². The van der Waals surface area contributed by atoms with Crippen LogP contribution in [0.1, 0.15) is 92.4 Å². The van der Waals surface area contributed by atoms with Crippen LogP contribution in [0.3, 0.4) is 0 Å². The van der Waals surface area contributed by atoms with Crippen LogP contribution in [0.4, 0.5) is 0 Å². The van der Waals surface area contributed by atoms with Gasteiger partial charge >= 0.3 is 0 Å². The maximum absolute atomic E-state index is 13.7. The Morgan fingerprint density at radius 2 is 1.45 bits per heavy atom. The Labute approximate surface area is 321 Å². The Morgan fingerprint density at radius 1 is 0.764 bits per heavy atom.